The first kappa shape index (κ1) is 11.1. The SMILES string of the molecule is C[C@H](N)C(=O)N1CCc2c(CO)cccc21. The normalized spacial score (nSPS) is 16.1. The van der Waals surface area contributed by atoms with Crippen molar-refractivity contribution in [3.8, 4) is 0 Å². The van der Waals surface area contributed by atoms with Crippen molar-refractivity contribution < 1.29 is 9.90 Å². The van der Waals surface area contributed by atoms with Crippen LogP contribution >= 0.6 is 0 Å². The summed E-state index contributed by atoms with van der Waals surface area (Å²) in [6.45, 7) is 2.37. The van der Waals surface area contributed by atoms with Crippen molar-refractivity contribution >= 4 is 11.6 Å². The Morgan fingerprint density at radius 1 is 1.62 bits per heavy atom. The quantitative estimate of drug-likeness (QED) is 0.759. The van der Waals surface area contributed by atoms with Gasteiger partial charge in [0.05, 0.1) is 12.6 Å². The maximum atomic E-state index is 11.8. The highest BCUT2D eigenvalue weighted by atomic mass is 16.3. The number of amides is 1. The molecular weight excluding hydrogens is 204 g/mol. The smallest absolute Gasteiger partial charge is 0.243 e. The van der Waals surface area contributed by atoms with Crippen LogP contribution in [0.15, 0.2) is 18.2 Å². The third-order valence-corrected chi connectivity index (χ3v) is 2.95. The molecule has 1 aliphatic rings. The average Bonchev–Trinajstić information content (AvgIpc) is 2.71. The summed E-state index contributed by atoms with van der Waals surface area (Å²) in [6, 6.07) is 5.17. The van der Waals surface area contributed by atoms with Gasteiger partial charge in [-0.1, -0.05) is 12.1 Å². The van der Waals surface area contributed by atoms with Crippen molar-refractivity contribution in [2.75, 3.05) is 11.4 Å². The Morgan fingerprint density at radius 2 is 2.38 bits per heavy atom. The van der Waals surface area contributed by atoms with Gasteiger partial charge in [-0.05, 0) is 30.5 Å². The second-order valence-corrected chi connectivity index (χ2v) is 4.10. The van der Waals surface area contributed by atoms with Crippen LogP contribution in [0.4, 0.5) is 5.69 Å². The van der Waals surface area contributed by atoms with Gasteiger partial charge < -0.3 is 15.7 Å². The third kappa shape index (κ3) is 1.70. The van der Waals surface area contributed by atoms with Gasteiger partial charge in [0.15, 0.2) is 0 Å². The molecule has 0 saturated carbocycles. The number of nitrogens with two attached hydrogens (primary N) is 1. The summed E-state index contributed by atoms with van der Waals surface area (Å²) in [5, 5.41) is 9.21. The number of aliphatic hydroxyl groups is 1. The van der Waals surface area contributed by atoms with Crippen LogP contribution in [0.2, 0.25) is 0 Å². The van der Waals surface area contributed by atoms with E-state index in [4.69, 9.17) is 5.73 Å². The summed E-state index contributed by atoms with van der Waals surface area (Å²) in [4.78, 5) is 13.6. The minimum Gasteiger partial charge on any atom is -0.392 e. The minimum absolute atomic E-state index is 0.0172. The lowest BCUT2D eigenvalue weighted by Crippen LogP contribution is -2.41. The van der Waals surface area contributed by atoms with Gasteiger partial charge in [-0.3, -0.25) is 4.79 Å². The Hall–Kier alpha value is -1.39. The van der Waals surface area contributed by atoms with Gasteiger partial charge in [-0.25, -0.2) is 0 Å². The molecule has 1 atom stereocenters. The van der Waals surface area contributed by atoms with E-state index in [0.717, 1.165) is 23.2 Å². The van der Waals surface area contributed by atoms with Gasteiger partial charge in [0.2, 0.25) is 5.91 Å². The summed E-state index contributed by atoms with van der Waals surface area (Å²) in [5.74, 6) is -0.0613. The fraction of sp³-hybridized carbons (Fsp3) is 0.417. The number of carbonyl (C=O) groups excluding carboxylic acids is 1. The van der Waals surface area contributed by atoms with Crippen LogP contribution in [0.25, 0.3) is 0 Å². The Labute approximate surface area is 94.7 Å². The lowest BCUT2D eigenvalue weighted by Gasteiger charge is -2.19. The molecule has 0 unspecified atom stereocenters. The van der Waals surface area contributed by atoms with Crippen molar-refractivity contribution in [3.63, 3.8) is 0 Å². The average molecular weight is 220 g/mol. The Balaban J connectivity index is 2.37. The minimum atomic E-state index is -0.483. The summed E-state index contributed by atoms with van der Waals surface area (Å²) in [7, 11) is 0. The first-order valence-electron chi connectivity index (χ1n) is 5.43. The highest BCUT2D eigenvalue weighted by Crippen LogP contribution is 2.30. The fourth-order valence-electron chi connectivity index (χ4n) is 2.13. The fourth-order valence-corrected chi connectivity index (χ4v) is 2.13. The summed E-state index contributed by atoms with van der Waals surface area (Å²) >= 11 is 0. The Morgan fingerprint density at radius 3 is 3.00 bits per heavy atom. The number of hydrogen-bond acceptors (Lipinski definition) is 3. The van der Waals surface area contributed by atoms with Gasteiger partial charge in [0, 0.05) is 12.2 Å². The van der Waals surface area contributed by atoms with E-state index in [2.05, 4.69) is 0 Å². The number of anilines is 1. The van der Waals surface area contributed by atoms with E-state index in [9.17, 15) is 9.90 Å². The molecule has 4 heteroatoms. The Bertz CT molecular complexity index is 415. The van der Waals surface area contributed by atoms with Crippen LogP contribution in [0.5, 0.6) is 0 Å². The molecule has 0 saturated heterocycles. The Kier molecular flexibility index (Phi) is 2.94. The molecule has 1 aliphatic heterocycles. The number of aliphatic hydroxyl groups excluding tert-OH is 1. The summed E-state index contributed by atoms with van der Waals surface area (Å²) in [6.07, 6.45) is 0.796. The highest BCUT2D eigenvalue weighted by molar-refractivity contribution is 5.98. The molecular formula is C12H16N2O2. The zero-order valence-corrected chi connectivity index (χ0v) is 9.31. The molecule has 4 nitrogen and oxygen atoms in total. The lowest BCUT2D eigenvalue weighted by molar-refractivity contribution is -0.119. The molecule has 0 spiro atoms. The van der Waals surface area contributed by atoms with E-state index in [0.29, 0.717) is 6.54 Å². The molecule has 1 heterocycles. The number of hydrogen-bond donors (Lipinski definition) is 2. The maximum Gasteiger partial charge on any atom is 0.243 e. The maximum absolute atomic E-state index is 11.8. The third-order valence-electron chi connectivity index (χ3n) is 2.95. The van der Waals surface area contributed by atoms with Crippen molar-refractivity contribution in [2.45, 2.75) is 26.0 Å². The van der Waals surface area contributed by atoms with E-state index >= 15 is 0 Å². The molecule has 2 rings (SSSR count). The van der Waals surface area contributed by atoms with Gasteiger partial charge >= 0.3 is 0 Å². The van der Waals surface area contributed by atoms with E-state index in [1.807, 2.05) is 18.2 Å². The van der Waals surface area contributed by atoms with Gasteiger partial charge in [-0.2, -0.15) is 0 Å². The van der Waals surface area contributed by atoms with Crippen LogP contribution in [0, 0.1) is 0 Å². The number of nitrogens with zero attached hydrogens (tertiary/aromatic N) is 1. The number of carbonyl (C=O) groups is 1. The molecule has 0 radical (unpaired) electrons. The molecule has 86 valence electrons. The van der Waals surface area contributed by atoms with Crippen molar-refractivity contribution in [2.24, 2.45) is 5.73 Å². The predicted octanol–water partition coefficient (Wildman–Crippen LogP) is 0.415. The van der Waals surface area contributed by atoms with Crippen LogP contribution in [-0.4, -0.2) is 23.6 Å². The van der Waals surface area contributed by atoms with Gasteiger partial charge in [0.1, 0.15) is 0 Å². The van der Waals surface area contributed by atoms with Crippen LogP contribution < -0.4 is 10.6 Å². The van der Waals surface area contributed by atoms with E-state index in [1.165, 1.54) is 0 Å². The summed E-state index contributed by atoms with van der Waals surface area (Å²) in [5.41, 5.74) is 8.47. The highest BCUT2D eigenvalue weighted by Gasteiger charge is 2.27. The van der Waals surface area contributed by atoms with Gasteiger partial charge in [-0.15, -0.1) is 0 Å². The molecule has 0 aromatic heterocycles. The van der Waals surface area contributed by atoms with Crippen LogP contribution in [0.1, 0.15) is 18.1 Å². The largest absolute Gasteiger partial charge is 0.392 e. The molecule has 1 aromatic rings. The first-order chi connectivity index (χ1) is 7.65. The first-order valence-corrected chi connectivity index (χ1v) is 5.43. The van der Waals surface area contributed by atoms with Crippen molar-refractivity contribution in [1.82, 2.24) is 0 Å². The van der Waals surface area contributed by atoms with E-state index in [1.54, 1.807) is 11.8 Å². The van der Waals surface area contributed by atoms with Crippen molar-refractivity contribution in [3.05, 3.63) is 29.3 Å². The molecule has 0 aliphatic carbocycles. The zero-order valence-electron chi connectivity index (χ0n) is 9.31. The molecule has 1 aromatic carbocycles. The molecule has 0 bridgehead atoms. The second kappa shape index (κ2) is 4.23. The standard InChI is InChI=1S/C12H16N2O2/c1-8(13)12(16)14-6-5-10-9(7-15)3-2-4-11(10)14/h2-4,8,15H,5-7,13H2,1H3/t8-/m0/s1. The second-order valence-electron chi connectivity index (χ2n) is 4.10. The summed E-state index contributed by atoms with van der Waals surface area (Å²) < 4.78 is 0. The van der Waals surface area contributed by atoms with Crippen LogP contribution in [0.3, 0.4) is 0 Å². The van der Waals surface area contributed by atoms with E-state index < -0.39 is 6.04 Å². The number of rotatable bonds is 2. The van der Waals surface area contributed by atoms with Crippen molar-refractivity contribution in [1.29, 1.82) is 0 Å². The predicted molar refractivity (Wildman–Crippen MR) is 62.1 cm³/mol. The topological polar surface area (TPSA) is 66.6 Å². The van der Waals surface area contributed by atoms with Crippen LogP contribution in [-0.2, 0) is 17.8 Å². The number of fused-ring (bicyclic) bond motifs is 1. The molecule has 0 fully saturated rings. The number of benzene rings is 1. The van der Waals surface area contributed by atoms with E-state index in [-0.39, 0.29) is 12.5 Å². The monoisotopic (exact) mass is 220 g/mol. The lowest BCUT2D eigenvalue weighted by atomic mass is 10.1. The molecule has 16 heavy (non-hydrogen) atoms. The van der Waals surface area contributed by atoms with Gasteiger partial charge in [0.25, 0.3) is 0 Å². The zero-order chi connectivity index (χ0) is 11.7. The molecule has 3 N–H and O–H groups in total. The molecule has 1 amide bonds.